The Morgan fingerprint density at radius 3 is 1.39 bits per heavy atom. The largest absolute Gasteiger partial charge is 0.309 e. The summed E-state index contributed by atoms with van der Waals surface area (Å²) in [5.74, 6) is 0. The number of hydrogen-bond donors (Lipinski definition) is 0. The van der Waals surface area contributed by atoms with Crippen LogP contribution in [0.4, 0.5) is 17.1 Å². The molecule has 0 unspecified atom stereocenters. The molecule has 4 nitrogen and oxygen atoms in total. The minimum absolute atomic E-state index is 1.11. The third kappa shape index (κ3) is 5.27. The first kappa shape index (κ1) is 36.6. The van der Waals surface area contributed by atoms with E-state index in [9.17, 15) is 0 Å². The van der Waals surface area contributed by atoms with Crippen molar-refractivity contribution in [3.63, 3.8) is 0 Å². The third-order valence-corrected chi connectivity index (χ3v) is 13.8. The van der Waals surface area contributed by atoms with Crippen LogP contribution in [-0.4, -0.2) is 13.7 Å². The minimum atomic E-state index is 1.11. The van der Waals surface area contributed by atoms with Crippen molar-refractivity contribution >= 4 is 71.6 Å². The van der Waals surface area contributed by atoms with Crippen molar-refractivity contribution in [2.24, 2.45) is 0 Å². The van der Waals surface area contributed by atoms with Gasteiger partial charge in [-0.25, -0.2) is 0 Å². The summed E-state index contributed by atoms with van der Waals surface area (Å²) in [6.45, 7) is 0. The van der Waals surface area contributed by atoms with Crippen molar-refractivity contribution < 1.29 is 0 Å². The molecule has 14 rings (SSSR count). The average molecular weight is 841 g/mol. The molecule has 1 aliphatic rings. The van der Waals surface area contributed by atoms with E-state index in [1.807, 2.05) is 0 Å². The molecule has 0 atom stereocenters. The summed E-state index contributed by atoms with van der Waals surface area (Å²) < 4.78 is 7.36. The van der Waals surface area contributed by atoms with E-state index < -0.39 is 0 Å². The highest BCUT2D eigenvalue weighted by molar-refractivity contribution is 6.17. The molecule has 10 aromatic carbocycles. The van der Waals surface area contributed by atoms with Crippen molar-refractivity contribution in [2.45, 2.75) is 0 Å². The lowest BCUT2D eigenvalue weighted by atomic mass is 9.90. The molecule has 0 saturated heterocycles. The molecule has 13 aromatic rings. The highest BCUT2D eigenvalue weighted by atomic mass is 15.2. The second kappa shape index (κ2) is 14.3. The van der Waals surface area contributed by atoms with Gasteiger partial charge in [-0.3, -0.25) is 0 Å². The SMILES string of the molecule is c1ccc(N2c3ccccc3-c3c(c4ccccc4n3-c3ccccc3)-c3c(-c4ccc5c6ccc(-n7c8ccccc8c8ccccc87)cc6n(-c6ccccc6)c5c4)cccc32)cc1. The number of aromatic nitrogens is 3. The number of fused-ring (bicyclic) bond motifs is 13. The molecule has 0 bridgehead atoms. The van der Waals surface area contributed by atoms with Crippen molar-refractivity contribution in [2.75, 3.05) is 4.90 Å². The van der Waals surface area contributed by atoms with Gasteiger partial charge in [-0.1, -0.05) is 158 Å². The summed E-state index contributed by atoms with van der Waals surface area (Å²) in [5, 5.41) is 6.16. The van der Waals surface area contributed by atoms with Crippen LogP contribution in [0.3, 0.4) is 0 Å². The number of rotatable bonds is 5. The molecule has 66 heavy (non-hydrogen) atoms. The zero-order valence-electron chi connectivity index (χ0n) is 35.9. The molecule has 0 amide bonds. The Hall–Kier alpha value is -8.86. The Labute approximate surface area is 381 Å². The van der Waals surface area contributed by atoms with Gasteiger partial charge in [-0.15, -0.1) is 0 Å². The van der Waals surface area contributed by atoms with E-state index >= 15 is 0 Å². The van der Waals surface area contributed by atoms with Crippen LogP contribution in [0.15, 0.2) is 243 Å². The maximum atomic E-state index is 2.48. The van der Waals surface area contributed by atoms with Gasteiger partial charge in [0, 0.05) is 66.4 Å². The normalized spacial score (nSPS) is 12.2. The van der Waals surface area contributed by atoms with Gasteiger partial charge >= 0.3 is 0 Å². The maximum Gasteiger partial charge on any atom is 0.0641 e. The zero-order valence-corrected chi connectivity index (χ0v) is 35.9. The summed E-state index contributed by atoms with van der Waals surface area (Å²) in [5.41, 5.74) is 19.8. The molecule has 3 aromatic heterocycles. The molecule has 0 N–H and O–H groups in total. The van der Waals surface area contributed by atoms with E-state index in [0.29, 0.717) is 0 Å². The standard InChI is InChI=1S/C62H40N4/c1-4-19-42(20-5-1)63-56-33-17-13-28-52(56)62-61(51-27-12-16-32-55(51)66(62)44-23-8-3-9-24-44)60-46(29-18-34-57(60)63)41-35-37-49-50-38-36-45(40-59(50)64(58(49)39-41)43-21-6-2-7-22-43)65-53-30-14-10-25-47(53)48-26-11-15-31-54(48)65/h1-40H. The van der Waals surface area contributed by atoms with Gasteiger partial charge in [0.15, 0.2) is 0 Å². The Balaban J connectivity index is 1.08. The highest BCUT2D eigenvalue weighted by Crippen LogP contribution is 2.57. The van der Waals surface area contributed by atoms with Gasteiger partial charge in [0.25, 0.3) is 0 Å². The summed E-state index contributed by atoms with van der Waals surface area (Å²) in [6.07, 6.45) is 0. The van der Waals surface area contributed by atoms with Crippen LogP contribution in [0.25, 0.3) is 105 Å². The smallest absolute Gasteiger partial charge is 0.0641 e. The molecule has 0 aliphatic carbocycles. The van der Waals surface area contributed by atoms with E-state index in [4.69, 9.17) is 0 Å². The van der Waals surface area contributed by atoms with Crippen molar-refractivity contribution in [1.82, 2.24) is 13.7 Å². The molecule has 308 valence electrons. The molecule has 4 heterocycles. The van der Waals surface area contributed by atoms with Crippen LogP contribution in [0.2, 0.25) is 0 Å². The predicted molar refractivity (Wildman–Crippen MR) is 277 cm³/mol. The first-order valence-electron chi connectivity index (χ1n) is 22.7. The molecular weight excluding hydrogens is 801 g/mol. The topological polar surface area (TPSA) is 18.0 Å². The first-order valence-corrected chi connectivity index (χ1v) is 22.7. The Kier molecular flexibility index (Phi) is 7.95. The zero-order chi connectivity index (χ0) is 43.3. The Bertz CT molecular complexity index is 3990. The van der Waals surface area contributed by atoms with E-state index in [1.165, 1.54) is 76.9 Å². The van der Waals surface area contributed by atoms with Gasteiger partial charge in [-0.2, -0.15) is 0 Å². The van der Waals surface area contributed by atoms with Crippen molar-refractivity contribution in [1.29, 1.82) is 0 Å². The minimum Gasteiger partial charge on any atom is -0.309 e. The number of anilines is 3. The van der Waals surface area contributed by atoms with Crippen LogP contribution in [0.5, 0.6) is 0 Å². The van der Waals surface area contributed by atoms with E-state index in [1.54, 1.807) is 0 Å². The molecular formula is C62H40N4. The van der Waals surface area contributed by atoms with Crippen molar-refractivity contribution in [3.8, 4) is 50.6 Å². The monoisotopic (exact) mass is 840 g/mol. The maximum absolute atomic E-state index is 2.48. The molecule has 0 radical (unpaired) electrons. The Morgan fingerprint density at radius 1 is 0.242 bits per heavy atom. The number of para-hydroxylation sites is 7. The summed E-state index contributed by atoms with van der Waals surface area (Å²) in [6, 6.07) is 88.9. The van der Waals surface area contributed by atoms with Gasteiger partial charge in [0.05, 0.1) is 44.7 Å². The molecule has 1 aliphatic heterocycles. The average Bonchev–Trinajstić information content (AvgIpc) is 4.00. The molecule has 4 heteroatoms. The van der Waals surface area contributed by atoms with Crippen molar-refractivity contribution in [3.05, 3.63) is 243 Å². The lowest BCUT2D eigenvalue weighted by molar-refractivity contribution is 1.13. The van der Waals surface area contributed by atoms with E-state index in [-0.39, 0.29) is 0 Å². The number of benzene rings is 10. The van der Waals surface area contributed by atoms with Gasteiger partial charge < -0.3 is 18.6 Å². The van der Waals surface area contributed by atoms with Gasteiger partial charge in [0.2, 0.25) is 0 Å². The van der Waals surface area contributed by atoms with E-state index in [2.05, 4.69) is 261 Å². The third-order valence-electron chi connectivity index (χ3n) is 13.8. The number of nitrogens with zero attached hydrogens (tertiary/aromatic N) is 4. The fraction of sp³-hybridized carbons (Fsp3) is 0. The molecule has 0 fully saturated rings. The van der Waals surface area contributed by atoms with Crippen LogP contribution >= 0.6 is 0 Å². The fourth-order valence-electron chi connectivity index (χ4n) is 11.0. The quantitative estimate of drug-likeness (QED) is 0.169. The van der Waals surface area contributed by atoms with Gasteiger partial charge in [-0.05, 0) is 96.1 Å². The summed E-state index contributed by atoms with van der Waals surface area (Å²) in [4.78, 5) is 2.47. The number of hydrogen-bond acceptors (Lipinski definition) is 1. The second-order valence-corrected chi connectivity index (χ2v) is 17.3. The van der Waals surface area contributed by atoms with E-state index in [0.717, 1.165) is 45.2 Å². The predicted octanol–water partition coefficient (Wildman–Crippen LogP) is 16.6. The van der Waals surface area contributed by atoms with Crippen LogP contribution in [0, 0.1) is 0 Å². The first-order chi connectivity index (χ1) is 32.8. The summed E-state index contributed by atoms with van der Waals surface area (Å²) in [7, 11) is 0. The van der Waals surface area contributed by atoms with Crippen LogP contribution < -0.4 is 4.90 Å². The van der Waals surface area contributed by atoms with Crippen LogP contribution in [-0.2, 0) is 0 Å². The summed E-state index contributed by atoms with van der Waals surface area (Å²) >= 11 is 0. The lowest BCUT2D eigenvalue weighted by Crippen LogP contribution is -2.11. The van der Waals surface area contributed by atoms with Gasteiger partial charge in [0.1, 0.15) is 0 Å². The molecule has 0 spiro atoms. The Morgan fingerprint density at radius 2 is 0.712 bits per heavy atom. The van der Waals surface area contributed by atoms with Crippen LogP contribution in [0.1, 0.15) is 0 Å². The second-order valence-electron chi connectivity index (χ2n) is 17.3. The fourth-order valence-corrected chi connectivity index (χ4v) is 11.0. The lowest BCUT2D eigenvalue weighted by Gasteiger charge is -2.28. The molecule has 0 saturated carbocycles. The highest BCUT2D eigenvalue weighted by Gasteiger charge is 2.33.